The van der Waals surface area contributed by atoms with Crippen LogP contribution in [0.3, 0.4) is 0 Å². The Morgan fingerprint density at radius 3 is 2.73 bits per heavy atom. The van der Waals surface area contributed by atoms with Gasteiger partial charge in [-0.1, -0.05) is 18.2 Å². The molecule has 37 heavy (non-hydrogen) atoms. The van der Waals surface area contributed by atoms with Crippen LogP contribution in [0.15, 0.2) is 65.3 Å². The molecule has 0 unspecified atom stereocenters. The SMILES string of the molecule is O=C(COC(=O)c1c2c(nc3ccccc13)C(=Cc1ccco1)CCC2)Nc1ccc2c(c1)OCCO2. The van der Waals surface area contributed by atoms with Gasteiger partial charge < -0.3 is 23.9 Å². The molecule has 1 amide bonds. The van der Waals surface area contributed by atoms with E-state index in [1.165, 1.54) is 0 Å². The first-order chi connectivity index (χ1) is 18.2. The molecule has 0 spiro atoms. The van der Waals surface area contributed by atoms with E-state index in [1.807, 2.05) is 42.5 Å². The van der Waals surface area contributed by atoms with Crippen LogP contribution in [0, 0.1) is 0 Å². The number of nitrogens with one attached hydrogen (secondary N) is 1. The van der Waals surface area contributed by atoms with Gasteiger partial charge in [0.05, 0.1) is 23.0 Å². The summed E-state index contributed by atoms with van der Waals surface area (Å²) >= 11 is 0. The van der Waals surface area contributed by atoms with E-state index in [4.69, 9.17) is 23.6 Å². The van der Waals surface area contributed by atoms with Crippen molar-refractivity contribution >= 4 is 40.1 Å². The van der Waals surface area contributed by atoms with E-state index >= 15 is 0 Å². The first kappa shape index (κ1) is 22.8. The van der Waals surface area contributed by atoms with Gasteiger partial charge in [0.25, 0.3) is 5.91 Å². The number of hydrogen-bond donors (Lipinski definition) is 1. The van der Waals surface area contributed by atoms with Crippen molar-refractivity contribution < 1.29 is 28.2 Å². The molecule has 0 saturated heterocycles. The second kappa shape index (κ2) is 9.81. The van der Waals surface area contributed by atoms with Crippen LogP contribution in [0.2, 0.25) is 0 Å². The Balaban J connectivity index is 1.25. The lowest BCUT2D eigenvalue weighted by Crippen LogP contribution is -2.23. The van der Waals surface area contributed by atoms with E-state index in [-0.39, 0.29) is 0 Å². The van der Waals surface area contributed by atoms with Gasteiger partial charge in [-0.2, -0.15) is 0 Å². The fourth-order valence-corrected chi connectivity index (χ4v) is 4.77. The molecule has 8 heteroatoms. The van der Waals surface area contributed by atoms with Gasteiger partial charge in [0.15, 0.2) is 18.1 Å². The third-order valence-electron chi connectivity index (χ3n) is 6.39. The van der Waals surface area contributed by atoms with Crippen molar-refractivity contribution in [2.75, 3.05) is 25.1 Å². The van der Waals surface area contributed by atoms with Crippen molar-refractivity contribution in [3.63, 3.8) is 0 Å². The van der Waals surface area contributed by atoms with Crippen molar-refractivity contribution in [3.05, 3.63) is 83.4 Å². The Morgan fingerprint density at radius 2 is 1.86 bits per heavy atom. The van der Waals surface area contributed by atoms with E-state index in [9.17, 15) is 9.59 Å². The Morgan fingerprint density at radius 1 is 1.00 bits per heavy atom. The molecule has 0 saturated carbocycles. The first-order valence-electron chi connectivity index (χ1n) is 12.2. The number of allylic oxidation sites excluding steroid dienone is 1. The number of fused-ring (bicyclic) bond motifs is 3. The number of ether oxygens (including phenoxy) is 3. The van der Waals surface area contributed by atoms with E-state index in [1.54, 1.807) is 24.5 Å². The summed E-state index contributed by atoms with van der Waals surface area (Å²) < 4.78 is 22.1. The number of amides is 1. The van der Waals surface area contributed by atoms with Gasteiger partial charge in [-0.05, 0) is 66.8 Å². The number of benzene rings is 2. The average Bonchev–Trinajstić information content (AvgIpc) is 3.44. The maximum atomic E-state index is 13.4. The van der Waals surface area contributed by atoms with Gasteiger partial charge in [-0.25, -0.2) is 9.78 Å². The highest BCUT2D eigenvalue weighted by Crippen LogP contribution is 2.36. The normalized spacial score (nSPS) is 15.3. The van der Waals surface area contributed by atoms with Gasteiger partial charge >= 0.3 is 5.97 Å². The maximum absolute atomic E-state index is 13.4. The smallest absolute Gasteiger partial charge is 0.339 e. The summed E-state index contributed by atoms with van der Waals surface area (Å²) in [6.45, 7) is 0.514. The molecule has 4 aromatic rings. The van der Waals surface area contributed by atoms with Crippen LogP contribution in [0.4, 0.5) is 5.69 Å². The molecule has 3 heterocycles. The van der Waals surface area contributed by atoms with E-state index < -0.39 is 18.5 Å². The molecule has 1 aliphatic carbocycles. The van der Waals surface area contributed by atoms with Gasteiger partial charge in [-0.3, -0.25) is 4.79 Å². The summed E-state index contributed by atoms with van der Waals surface area (Å²) in [5.41, 5.74) is 4.30. The Labute approximate surface area is 212 Å². The van der Waals surface area contributed by atoms with E-state index in [2.05, 4.69) is 5.32 Å². The Hall–Kier alpha value is -4.59. The molecular weight excluding hydrogens is 472 g/mol. The Kier molecular flexibility index (Phi) is 6.06. The minimum absolute atomic E-state index is 0.423. The van der Waals surface area contributed by atoms with E-state index in [0.29, 0.717) is 53.3 Å². The summed E-state index contributed by atoms with van der Waals surface area (Å²) in [5.74, 6) is 0.930. The predicted octanol–water partition coefficient (Wildman–Crippen LogP) is 5.27. The fourth-order valence-electron chi connectivity index (χ4n) is 4.77. The molecule has 6 rings (SSSR count). The minimum Gasteiger partial charge on any atom is -0.486 e. The summed E-state index contributed by atoms with van der Waals surface area (Å²) in [4.78, 5) is 30.9. The lowest BCUT2D eigenvalue weighted by Gasteiger charge is -2.22. The lowest BCUT2D eigenvalue weighted by molar-refractivity contribution is -0.119. The number of pyridine rings is 1. The van der Waals surface area contributed by atoms with Crippen LogP contribution < -0.4 is 14.8 Å². The largest absolute Gasteiger partial charge is 0.486 e. The summed E-state index contributed by atoms with van der Waals surface area (Å²) in [7, 11) is 0. The molecule has 0 radical (unpaired) electrons. The van der Waals surface area contributed by atoms with Crippen molar-refractivity contribution in [3.8, 4) is 11.5 Å². The first-order valence-corrected chi connectivity index (χ1v) is 12.2. The van der Waals surface area contributed by atoms with Crippen LogP contribution in [-0.2, 0) is 16.0 Å². The van der Waals surface area contributed by atoms with Crippen molar-refractivity contribution in [2.45, 2.75) is 19.3 Å². The highest BCUT2D eigenvalue weighted by atomic mass is 16.6. The van der Waals surface area contributed by atoms with Gasteiger partial charge in [0.1, 0.15) is 19.0 Å². The second-order valence-electron chi connectivity index (χ2n) is 8.85. The highest BCUT2D eigenvalue weighted by molar-refractivity contribution is 6.07. The third kappa shape index (κ3) is 4.65. The molecular formula is C29H24N2O6. The number of furan rings is 1. The molecule has 0 atom stereocenters. The maximum Gasteiger partial charge on any atom is 0.339 e. The average molecular weight is 497 g/mol. The molecule has 1 aliphatic heterocycles. The van der Waals surface area contributed by atoms with Crippen LogP contribution in [0.1, 0.15) is 40.2 Å². The number of hydrogen-bond acceptors (Lipinski definition) is 7. The lowest BCUT2D eigenvalue weighted by atomic mass is 9.86. The van der Waals surface area contributed by atoms with Gasteiger partial charge in [-0.15, -0.1) is 0 Å². The predicted molar refractivity (Wildman–Crippen MR) is 138 cm³/mol. The summed E-state index contributed by atoms with van der Waals surface area (Å²) in [5, 5.41) is 3.45. The fraction of sp³-hybridized carbons (Fsp3) is 0.207. The zero-order valence-corrected chi connectivity index (χ0v) is 20.0. The molecule has 2 aromatic heterocycles. The second-order valence-corrected chi connectivity index (χ2v) is 8.85. The molecule has 2 aliphatic rings. The zero-order chi connectivity index (χ0) is 25.2. The van der Waals surface area contributed by atoms with Gasteiger partial charge in [0.2, 0.25) is 0 Å². The minimum atomic E-state index is -0.550. The molecule has 2 aromatic carbocycles. The van der Waals surface area contributed by atoms with Crippen molar-refractivity contribution in [1.29, 1.82) is 0 Å². The monoisotopic (exact) mass is 496 g/mol. The third-order valence-corrected chi connectivity index (χ3v) is 6.39. The molecule has 0 bridgehead atoms. The number of nitrogens with zero attached hydrogens (tertiary/aromatic N) is 1. The number of esters is 1. The number of aromatic nitrogens is 1. The van der Waals surface area contributed by atoms with Gasteiger partial charge in [0, 0.05) is 17.1 Å². The number of carbonyl (C=O) groups is 2. The number of carbonyl (C=O) groups excluding carboxylic acids is 2. The van der Waals surface area contributed by atoms with Crippen LogP contribution in [0.25, 0.3) is 22.6 Å². The van der Waals surface area contributed by atoms with Crippen molar-refractivity contribution in [2.24, 2.45) is 0 Å². The summed E-state index contributed by atoms with van der Waals surface area (Å²) in [6.07, 6.45) is 5.98. The Bertz CT molecular complexity index is 1520. The zero-order valence-electron chi connectivity index (χ0n) is 20.0. The number of para-hydroxylation sites is 1. The quantitative estimate of drug-likeness (QED) is 0.376. The summed E-state index contributed by atoms with van der Waals surface area (Å²) in [6, 6.07) is 16.3. The topological polar surface area (TPSA) is 99.9 Å². The molecule has 0 fully saturated rings. The molecule has 186 valence electrons. The number of rotatable bonds is 5. The van der Waals surface area contributed by atoms with Crippen LogP contribution in [0.5, 0.6) is 11.5 Å². The molecule has 1 N–H and O–H groups in total. The number of anilines is 1. The van der Waals surface area contributed by atoms with Crippen molar-refractivity contribution in [1.82, 2.24) is 4.98 Å². The molecule has 8 nitrogen and oxygen atoms in total. The standard InChI is InChI=1S/C29H24N2O6/c32-26(30-19-10-11-24-25(16-19)36-14-13-35-24)17-37-29(33)27-21-7-1-2-9-23(21)31-28-18(5-3-8-22(27)28)15-20-6-4-12-34-20/h1-2,4,6-7,9-12,15-16H,3,5,8,13-14,17H2,(H,30,32). The van der Waals surface area contributed by atoms with Crippen LogP contribution >= 0.6 is 0 Å². The van der Waals surface area contributed by atoms with Crippen LogP contribution in [-0.4, -0.2) is 36.7 Å². The van der Waals surface area contributed by atoms with E-state index in [0.717, 1.165) is 35.4 Å². The highest BCUT2D eigenvalue weighted by Gasteiger charge is 2.26.